The van der Waals surface area contributed by atoms with Gasteiger partial charge in [-0.1, -0.05) is 24.3 Å². The molecule has 1 N–H and O–H groups in total. The summed E-state index contributed by atoms with van der Waals surface area (Å²) in [6, 6.07) is 13.8. The van der Waals surface area contributed by atoms with Gasteiger partial charge in [0.25, 0.3) is 0 Å². The van der Waals surface area contributed by atoms with E-state index in [1.54, 1.807) is 7.11 Å². The second-order valence-corrected chi connectivity index (χ2v) is 7.76. The molecule has 0 spiro atoms. The first-order chi connectivity index (χ1) is 14.7. The van der Waals surface area contributed by atoms with E-state index in [0.29, 0.717) is 19.8 Å². The summed E-state index contributed by atoms with van der Waals surface area (Å²) in [7, 11) is 1.66. The normalized spacial score (nSPS) is 16.7. The van der Waals surface area contributed by atoms with Crippen LogP contribution in [0.4, 0.5) is 0 Å². The Labute approximate surface area is 177 Å². The molecular weight excluding hydrogens is 380 g/mol. The number of rotatable bonds is 9. The molecule has 4 rings (SSSR count). The van der Waals surface area contributed by atoms with Gasteiger partial charge in [-0.2, -0.15) is 0 Å². The van der Waals surface area contributed by atoms with Crippen LogP contribution in [0.1, 0.15) is 11.3 Å². The van der Waals surface area contributed by atoms with Gasteiger partial charge >= 0.3 is 0 Å². The number of pyridine rings is 1. The molecule has 3 heterocycles. The van der Waals surface area contributed by atoms with Crippen molar-refractivity contribution >= 4 is 5.65 Å². The number of aliphatic hydroxyl groups excluding tert-OH is 1. The van der Waals surface area contributed by atoms with E-state index in [1.165, 1.54) is 0 Å². The summed E-state index contributed by atoms with van der Waals surface area (Å²) in [4.78, 5) is 9.41. The zero-order valence-corrected chi connectivity index (χ0v) is 17.5. The Morgan fingerprint density at radius 2 is 1.80 bits per heavy atom. The van der Waals surface area contributed by atoms with Crippen LogP contribution < -0.4 is 4.74 Å². The molecule has 7 nitrogen and oxygen atoms in total. The number of nitrogens with zero attached hydrogens (tertiary/aromatic N) is 4. The molecule has 1 fully saturated rings. The lowest BCUT2D eigenvalue weighted by Gasteiger charge is -2.35. The summed E-state index contributed by atoms with van der Waals surface area (Å²) in [6.07, 6.45) is 3.63. The van der Waals surface area contributed by atoms with Gasteiger partial charge < -0.3 is 19.0 Å². The highest BCUT2D eigenvalue weighted by molar-refractivity contribution is 5.39. The first kappa shape index (κ1) is 20.8. The van der Waals surface area contributed by atoms with Gasteiger partial charge in [0.2, 0.25) is 0 Å². The van der Waals surface area contributed by atoms with Gasteiger partial charge in [-0.05, 0) is 18.2 Å². The van der Waals surface area contributed by atoms with Crippen molar-refractivity contribution in [3.63, 3.8) is 0 Å². The van der Waals surface area contributed by atoms with Crippen molar-refractivity contribution in [3.8, 4) is 5.75 Å². The number of aliphatic hydroxyl groups is 1. The quantitative estimate of drug-likeness (QED) is 0.583. The molecule has 0 amide bonds. The number of imidazole rings is 1. The van der Waals surface area contributed by atoms with E-state index in [2.05, 4.69) is 25.4 Å². The molecule has 0 bridgehead atoms. The van der Waals surface area contributed by atoms with Crippen molar-refractivity contribution in [2.24, 2.45) is 0 Å². The molecule has 1 aromatic carbocycles. The maximum absolute atomic E-state index is 10.4. The van der Waals surface area contributed by atoms with Crippen LogP contribution >= 0.6 is 0 Å². The minimum atomic E-state index is -0.496. The molecule has 1 saturated heterocycles. The van der Waals surface area contributed by atoms with Crippen LogP contribution in [0.3, 0.4) is 0 Å². The SMILES string of the molecule is COc1ccccc1COCC(O)CN1CCN(Cc2cn3ccccc3n2)CC1. The largest absolute Gasteiger partial charge is 0.496 e. The summed E-state index contributed by atoms with van der Waals surface area (Å²) in [6.45, 7) is 6.08. The second-order valence-electron chi connectivity index (χ2n) is 7.76. The fourth-order valence-electron chi connectivity index (χ4n) is 3.90. The number of hydrogen-bond donors (Lipinski definition) is 1. The Morgan fingerprint density at radius 3 is 2.60 bits per heavy atom. The first-order valence-electron chi connectivity index (χ1n) is 10.5. The van der Waals surface area contributed by atoms with Crippen LogP contribution in [0.25, 0.3) is 5.65 Å². The highest BCUT2D eigenvalue weighted by Gasteiger charge is 2.20. The molecule has 1 atom stereocenters. The maximum Gasteiger partial charge on any atom is 0.137 e. The van der Waals surface area contributed by atoms with Gasteiger partial charge in [-0.15, -0.1) is 0 Å². The lowest BCUT2D eigenvalue weighted by atomic mass is 10.2. The number of β-amino-alcohol motifs (C(OH)–C–C–N with tert-alkyl or cyclic N) is 1. The van der Waals surface area contributed by atoms with Crippen LogP contribution in [-0.4, -0.2) is 76.8 Å². The summed E-state index contributed by atoms with van der Waals surface area (Å²) in [5, 5.41) is 10.4. The van der Waals surface area contributed by atoms with E-state index in [-0.39, 0.29) is 0 Å². The summed E-state index contributed by atoms with van der Waals surface area (Å²) >= 11 is 0. The first-order valence-corrected chi connectivity index (χ1v) is 10.5. The maximum atomic E-state index is 10.4. The van der Waals surface area contributed by atoms with E-state index in [4.69, 9.17) is 9.47 Å². The number of hydrogen-bond acceptors (Lipinski definition) is 6. The molecule has 160 valence electrons. The predicted molar refractivity (Wildman–Crippen MR) is 116 cm³/mol. The van der Waals surface area contributed by atoms with E-state index in [1.807, 2.05) is 48.7 Å². The van der Waals surface area contributed by atoms with Gasteiger partial charge in [-0.3, -0.25) is 9.80 Å². The lowest BCUT2D eigenvalue weighted by Crippen LogP contribution is -2.48. The number of ether oxygens (including phenoxy) is 2. The third-order valence-electron chi connectivity index (χ3n) is 5.49. The van der Waals surface area contributed by atoms with Gasteiger partial charge in [0.05, 0.1) is 32.1 Å². The Balaban J connectivity index is 1.17. The van der Waals surface area contributed by atoms with E-state index >= 15 is 0 Å². The minimum absolute atomic E-state index is 0.319. The number of piperazine rings is 1. The van der Waals surface area contributed by atoms with Crippen LogP contribution in [0.2, 0.25) is 0 Å². The average Bonchev–Trinajstić information content (AvgIpc) is 3.18. The van der Waals surface area contributed by atoms with Crippen molar-refractivity contribution < 1.29 is 14.6 Å². The van der Waals surface area contributed by atoms with Crippen molar-refractivity contribution in [2.45, 2.75) is 19.3 Å². The molecule has 1 aliphatic rings. The Bertz CT molecular complexity index is 904. The molecule has 1 aliphatic heterocycles. The molecule has 1 unspecified atom stereocenters. The van der Waals surface area contributed by atoms with E-state index in [0.717, 1.165) is 55.4 Å². The van der Waals surface area contributed by atoms with Gasteiger partial charge in [-0.25, -0.2) is 4.98 Å². The van der Waals surface area contributed by atoms with E-state index < -0.39 is 6.10 Å². The Hall–Kier alpha value is -2.45. The highest BCUT2D eigenvalue weighted by Crippen LogP contribution is 2.18. The number of benzene rings is 1. The minimum Gasteiger partial charge on any atom is -0.496 e. The fraction of sp³-hybridized carbons (Fsp3) is 0.435. The van der Waals surface area contributed by atoms with Crippen LogP contribution in [-0.2, 0) is 17.9 Å². The Morgan fingerprint density at radius 1 is 1.03 bits per heavy atom. The molecule has 7 heteroatoms. The van der Waals surface area contributed by atoms with Crippen LogP contribution in [0, 0.1) is 0 Å². The zero-order chi connectivity index (χ0) is 20.8. The molecule has 30 heavy (non-hydrogen) atoms. The van der Waals surface area contributed by atoms with Gasteiger partial charge in [0.1, 0.15) is 11.4 Å². The predicted octanol–water partition coefficient (Wildman–Crippen LogP) is 2.04. The molecule has 3 aromatic rings. The Kier molecular flexibility index (Phi) is 6.96. The molecule has 0 aliphatic carbocycles. The monoisotopic (exact) mass is 410 g/mol. The van der Waals surface area contributed by atoms with Crippen molar-refractivity contribution in [1.29, 1.82) is 0 Å². The van der Waals surface area contributed by atoms with Crippen LogP contribution in [0.15, 0.2) is 54.9 Å². The summed E-state index contributed by atoms with van der Waals surface area (Å²) in [5.74, 6) is 0.814. The van der Waals surface area contributed by atoms with Crippen molar-refractivity contribution in [2.75, 3.05) is 46.4 Å². The lowest BCUT2D eigenvalue weighted by molar-refractivity contribution is 0.000418. The third kappa shape index (κ3) is 5.37. The van der Waals surface area contributed by atoms with E-state index in [9.17, 15) is 5.11 Å². The molecule has 2 aromatic heterocycles. The molecule has 0 saturated carbocycles. The average molecular weight is 411 g/mol. The van der Waals surface area contributed by atoms with Gasteiger partial charge in [0.15, 0.2) is 0 Å². The van der Waals surface area contributed by atoms with Crippen molar-refractivity contribution in [3.05, 3.63) is 66.1 Å². The number of para-hydroxylation sites is 1. The number of fused-ring (bicyclic) bond motifs is 1. The van der Waals surface area contributed by atoms with Crippen LogP contribution in [0.5, 0.6) is 5.75 Å². The second kappa shape index (κ2) is 10.0. The topological polar surface area (TPSA) is 62.5 Å². The summed E-state index contributed by atoms with van der Waals surface area (Å²) in [5.41, 5.74) is 3.08. The smallest absolute Gasteiger partial charge is 0.137 e. The summed E-state index contributed by atoms with van der Waals surface area (Å²) < 4.78 is 13.1. The standard InChI is InChI=1S/C23H30N4O3/c1-29-22-7-3-2-6-19(22)17-30-18-21(28)16-26-12-10-25(11-13-26)14-20-15-27-9-5-4-8-23(27)24-20/h2-9,15,21,28H,10-14,16-18H2,1H3. The molecule has 0 radical (unpaired) electrons. The highest BCUT2D eigenvalue weighted by atomic mass is 16.5. The van der Waals surface area contributed by atoms with Crippen molar-refractivity contribution in [1.82, 2.24) is 19.2 Å². The zero-order valence-electron chi connectivity index (χ0n) is 17.5. The third-order valence-corrected chi connectivity index (χ3v) is 5.49. The number of methoxy groups -OCH3 is 1. The fourth-order valence-corrected chi connectivity index (χ4v) is 3.90. The number of aromatic nitrogens is 2. The molecular formula is C23H30N4O3. The van der Waals surface area contributed by atoms with Gasteiger partial charge in [0, 0.05) is 57.2 Å².